The minimum atomic E-state index is -0.350. The molecule has 0 aliphatic carbocycles. The summed E-state index contributed by atoms with van der Waals surface area (Å²) in [6.45, 7) is 8.38. The van der Waals surface area contributed by atoms with Crippen molar-refractivity contribution in [3.63, 3.8) is 0 Å². The molecule has 0 aromatic heterocycles. The third-order valence-corrected chi connectivity index (χ3v) is 0.705. The monoisotopic (exact) mass is 271 g/mol. The first-order valence-corrected chi connectivity index (χ1v) is 4.20. The van der Waals surface area contributed by atoms with Crippen molar-refractivity contribution in [2.24, 2.45) is 0 Å². The molecule has 0 bridgehead atoms. The predicted octanol–water partition coefficient (Wildman–Crippen LogP) is 0.500. The number of esters is 1. The SMILES string of the molecule is C=C(C)C(=O)O[CH-]CC.CO.CO.CO.[Ti]. The van der Waals surface area contributed by atoms with Gasteiger partial charge in [-0.25, -0.2) is 4.79 Å². The summed E-state index contributed by atoms with van der Waals surface area (Å²) < 4.78 is 4.59. The first-order valence-electron chi connectivity index (χ1n) is 4.20. The van der Waals surface area contributed by atoms with Gasteiger partial charge in [-0.2, -0.15) is 6.61 Å². The van der Waals surface area contributed by atoms with E-state index in [1.54, 1.807) is 6.92 Å². The van der Waals surface area contributed by atoms with Crippen LogP contribution in [0, 0.1) is 6.61 Å². The van der Waals surface area contributed by atoms with E-state index in [4.69, 9.17) is 15.3 Å². The minimum absolute atomic E-state index is 0. The van der Waals surface area contributed by atoms with Gasteiger partial charge in [0.25, 0.3) is 0 Å². The molecule has 0 aromatic rings. The van der Waals surface area contributed by atoms with Gasteiger partial charge in [-0.15, -0.1) is 6.42 Å². The van der Waals surface area contributed by atoms with E-state index in [9.17, 15) is 4.79 Å². The Morgan fingerprint density at radius 1 is 1.19 bits per heavy atom. The largest absolute Gasteiger partial charge is 0.634 e. The number of aliphatic hydroxyl groups is 3. The van der Waals surface area contributed by atoms with Crippen LogP contribution in [0.3, 0.4) is 0 Å². The number of hydrogen-bond acceptors (Lipinski definition) is 5. The van der Waals surface area contributed by atoms with Crippen molar-refractivity contribution >= 4 is 5.97 Å². The molecule has 6 heteroatoms. The Kier molecular flexibility index (Phi) is 67.5. The third-order valence-electron chi connectivity index (χ3n) is 0.705. The zero-order chi connectivity index (χ0) is 13.3. The first-order chi connectivity index (χ1) is 7.18. The second-order valence-electron chi connectivity index (χ2n) is 1.76. The zero-order valence-corrected chi connectivity index (χ0v) is 12.2. The van der Waals surface area contributed by atoms with Crippen LogP contribution >= 0.6 is 0 Å². The van der Waals surface area contributed by atoms with Gasteiger partial charge < -0.3 is 20.1 Å². The fourth-order valence-electron chi connectivity index (χ4n) is 0.260. The maximum absolute atomic E-state index is 10.5. The van der Waals surface area contributed by atoms with Crippen LogP contribution in [0.2, 0.25) is 0 Å². The van der Waals surface area contributed by atoms with Gasteiger partial charge in [0.1, 0.15) is 0 Å². The quantitative estimate of drug-likeness (QED) is 0.301. The molecule has 0 aliphatic rings. The Balaban J connectivity index is -0.0000000498. The van der Waals surface area contributed by atoms with Crippen LogP contribution in [-0.4, -0.2) is 42.6 Å². The van der Waals surface area contributed by atoms with Crippen LogP contribution in [0.1, 0.15) is 20.3 Å². The first kappa shape index (κ1) is 29.7. The topological polar surface area (TPSA) is 87.0 Å². The summed E-state index contributed by atoms with van der Waals surface area (Å²) in [5, 5.41) is 21.0. The van der Waals surface area contributed by atoms with Gasteiger partial charge in [0.2, 0.25) is 0 Å². The van der Waals surface area contributed by atoms with E-state index in [0.717, 1.165) is 27.8 Å². The maximum Gasteiger partial charge on any atom is 0.301 e. The van der Waals surface area contributed by atoms with E-state index < -0.39 is 0 Å². The van der Waals surface area contributed by atoms with Crippen molar-refractivity contribution in [2.75, 3.05) is 21.3 Å². The van der Waals surface area contributed by atoms with Gasteiger partial charge in [0, 0.05) is 48.6 Å². The second kappa shape index (κ2) is 36.4. The van der Waals surface area contributed by atoms with E-state index in [2.05, 4.69) is 11.3 Å². The molecule has 0 amide bonds. The van der Waals surface area contributed by atoms with Crippen LogP contribution < -0.4 is 0 Å². The number of ether oxygens (including phenoxy) is 1. The van der Waals surface area contributed by atoms with Crippen molar-refractivity contribution in [3.05, 3.63) is 18.8 Å². The van der Waals surface area contributed by atoms with Crippen LogP contribution in [0.5, 0.6) is 0 Å². The molecule has 0 radical (unpaired) electrons. The predicted molar refractivity (Wildman–Crippen MR) is 59.9 cm³/mol. The fourth-order valence-corrected chi connectivity index (χ4v) is 0.260. The maximum atomic E-state index is 10.5. The van der Waals surface area contributed by atoms with E-state index in [1.165, 1.54) is 6.61 Å². The van der Waals surface area contributed by atoms with Crippen LogP contribution in [0.4, 0.5) is 0 Å². The summed E-state index contributed by atoms with van der Waals surface area (Å²) in [5.74, 6) is -0.350. The van der Waals surface area contributed by atoms with Gasteiger partial charge in [-0.1, -0.05) is 13.5 Å². The smallest absolute Gasteiger partial charge is 0.301 e. The van der Waals surface area contributed by atoms with Crippen molar-refractivity contribution in [3.8, 4) is 0 Å². The van der Waals surface area contributed by atoms with Gasteiger partial charge in [-0.05, 0) is 6.92 Å². The molecule has 0 saturated carbocycles. The summed E-state index contributed by atoms with van der Waals surface area (Å²) in [7, 11) is 3.00. The zero-order valence-electron chi connectivity index (χ0n) is 10.6. The van der Waals surface area contributed by atoms with Crippen LogP contribution in [-0.2, 0) is 31.2 Å². The van der Waals surface area contributed by atoms with E-state index in [-0.39, 0.29) is 27.7 Å². The molecule has 0 aromatic carbocycles. The summed E-state index contributed by atoms with van der Waals surface area (Å²) in [6.07, 6.45) is 0.735. The van der Waals surface area contributed by atoms with Crippen molar-refractivity contribution < 1.29 is 46.6 Å². The van der Waals surface area contributed by atoms with E-state index in [0.29, 0.717) is 5.57 Å². The number of rotatable bonds is 3. The number of carbonyl (C=O) groups is 1. The molecule has 0 aliphatic heterocycles. The van der Waals surface area contributed by atoms with Crippen LogP contribution in [0.25, 0.3) is 0 Å². The van der Waals surface area contributed by atoms with Crippen LogP contribution in [0.15, 0.2) is 12.2 Å². The summed E-state index contributed by atoms with van der Waals surface area (Å²) in [5.41, 5.74) is 0.430. The van der Waals surface area contributed by atoms with Gasteiger partial charge in [-0.3, -0.25) is 0 Å². The van der Waals surface area contributed by atoms with Gasteiger partial charge in [0.15, 0.2) is 0 Å². The summed E-state index contributed by atoms with van der Waals surface area (Å²) in [4.78, 5) is 10.5. The summed E-state index contributed by atoms with van der Waals surface area (Å²) >= 11 is 0. The van der Waals surface area contributed by atoms with Crippen molar-refractivity contribution in [2.45, 2.75) is 20.3 Å². The van der Waals surface area contributed by atoms with Crippen molar-refractivity contribution in [1.29, 1.82) is 0 Å². The standard InChI is InChI=1S/C7H11O2.3CH4O.Ti/c1-4-5-9-7(8)6(2)3;3*1-2;/h5H,2,4H2,1,3H3;3*2H,1H3;/q-1;;;;. The number of hydrogen-bond donors (Lipinski definition) is 3. The average molecular weight is 271 g/mol. The van der Waals surface area contributed by atoms with E-state index >= 15 is 0 Å². The average Bonchev–Trinajstić information content (AvgIpc) is 2.33. The Morgan fingerprint density at radius 2 is 1.50 bits per heavy atom. The molecule has 98 valence electrons. The number of aliphatic hydroxyl groups excluding tert-OH is 3. The molecular formula is C10H23O5Ti-. The molecule has 0 rings (SSSR count). The van der Waals surface area contributed by atoms with Gasteiger partial charge >= 0.3 is 5.97 Å². The molecule has 3 N–H and O–H groups in total. The third kappa shape index (κ3) is 37.2. The molecule has 5 nitrogen and oxygen atoms in total. The molecule has 0 atom stereocenters. The Bertz CT molecular complexity index is 128. The Labute approximate surface area is 113 Å². The molecule has 0 heterocycles. The molecule has 0 unspecified atom stereocenters. The normalized spacial score (nSPS) is 6.00. The molecule has 0 spiro atoms. The summed E-state index contributed by atoms with van der Waals surface area (Å²) in [6, 6.07) is 0. The molecule has 0 saturated heterocycles. The number of carbonyl (C=O) groups excluding carboxylic acids is 1. The Hall–Kier alpha value is -0.196. The molecule has 0 fully saturated rings. The minimum Gasteiger partial charge on any atom is -0.634 e. The van der Waals surface area contributed by atoms with E-state index in [1.807, 2.05) is 6.92 Å². The van der Waals surface area contributed by atoms with Crippen molar-refractivity contribution in [1.82, 2.24) is 0 Å². The molecular weight excluding hydrogens is 248 g/mol. The fraction of sp³-hybridized carbons (Fsp3) is 0.600. The molecule has 16 heavy (non-hydrogen) atoms. The van der Waals surface area contributed by atoms with Gasteiger partial charge in [0.05, 0.1) is 0 Å². The Morgan fingerprint density at radius 3 is 1.69 bits per heavy atom. The second-order valence-corrected chi connectivity index (χ2v) is 1.76.